The molecule has 3 heteroatoms. The van der Waals surface area contributed by atoms with E-state index in [0.29, 0.717) is 0 Å². The van der Waals surface area contributed by atoms with Crippen LogP contribution in [0.3, 0.4) is 0 Å². The maximum atomic E-state index is 13.6. The summed E-state index contributed by atoms with van der Waals surface area (Å²) >= 11 is 0. The van der Waals surface area contributed by atoms with E-state index in [2.05, 4.69) is 0 Å². The van der Waals surface area contributed by atoms with Crippen molar-refractivity contribution in [3.8, 4) is 0 Å². The molecular weight excluding hydrogens is 303 g/mol. The number of hydrogen-bond acceptors (Lipinski definition) is 1. The van der Waals surface area contributed by atoms with Crippen molar-refractivity contribution >= 4 is 29.0 Å². The molecule has 0 radical (unpaired) electrons. The van der Waals surface area contributed by atoms with E-state index in [1.807, 2.05) is 91.0 Å². The van der Waals surface area contributed by atoms with Gasteiger partial charge in [0, 0.05) is 0 Å². The van der Waals surface area contributed by atoms with Crippen LogP contribution in [0.15, 0.2) is 91.0 Å². The zero-order valence-electron chi connectivity index (χ0n) is 12.7. The van der Waals surface area contributed by atoms with Crippen LogP contribution in [0.1, 0.15) is 0 Å². The Balaban J connectivity index is 2.38. The first-order valence-electron chi connectivity index (χ1n) is 7.56. The summed E-state index contributed by atoms with van der Waals surface area (Å²) in [5, 5.41) is 2.43. The summed E-state index contributed by atoms with van der Waals surface area (Å²) in [6.45, 7) is -0.953. The van der Waals surface area contributed by atoms with E-state index in [0.717, 1.165) is 15.6 Å². The second-order valence-electron chi connectivity index (χ2n) is 5.40. The van der Waals surface area contributed by atoms with Crippen LogP contribution in [-0.2, 0) is 4.79 Å². The molecule has 0 unspecified atom stereocenters. The zero-order valence-corrected chi connectivity index (χ0v) is 13.7. The van der Waals surface area contributed by atoms with Crippen molar-refractivity contribution in [1.29, 1.82) is 0 Å². The monoisotopic (exact) mass is 320 g/mol. The molecule has 0 bridgehead atoms. The lowest BCUT2D eigenvalue weighted by atomic mass is 10.3. The molecule has 0 saturated heterocycles. The van der Waals surface area contributed by atoms with Crippen LogP contribution in [0.25, 0.3) is 0 Å². The van der Waals surface area contributed by atoms with Crippen LogP contribution in [-0.4, -0.2) is 20.2 Å². The van der Waals surface area contributed by atoms with Gasteiger partial charge in [-0.2, -0.15) is 0 Å². The molecule has 3 aromatic rings. The van der Waals surface area contributed by atoms with E-state index < -0.39 is 14.7 Å². The van der Waals surface area contributed by atoms with E-state index in [-0.39, 0.29) is 5.41 Å². The molecule has 3 aromatic carbocycles. The van der Waals surface area contributed by atoms with Crippen LogP contribution < -0.4 is 15.6 Å². The van der Waals surface area contributed by atoms with Crippen molar-refractivity contribution in [3.05, 3.63) is 91.0 Å². The molecule has 1 nitrogen and oxygen atoms in total. The molecule has 23 heavy (non-hydrogen) atoms. The number of rotatable bonds is 5. The Morgan fingerprint density at radius 3 is 1.22 bits per heavy atom. The molecule has 0 spiro atoms. The standard InChI is InChI=1S/C20H17FOSi/c21-16-20(22)23(17-10-4-1-5-11-17,18-12-6-2-7-13-18)19-14-8-3-9-15-19/h1-15H,16H2. The molecule has 0 saturated carbocycles. The van der Waals surface area contributed by atoms with Gasteiger partial charge in [-0.1, -0.05) is 91.0 Å². The van der Waals surface area contributed by atoms with Gasteiger partial charge in [0.2, 0.25) is 8.07 Å². The van der Waals surface area contributed by atoms with Crippen molar-refractivity contribution < 1.29 is 9.18 Å². The van der Waals surface area contributed by atoms with Crippen molar-refractivity contribution in [2.45, 2.75) is 0 Å². The Bertz CT molecular complexity index is 676. The largest absolute Gasteiger partial charge is 0.301 e. The van der Waals surface area contributed by atoms with Gasteiger partial charge in [0.05, 0.1) is 0 Å². The predicted octanol–water partition coefficient (Wildman–Crippen LogP) is 2.23. The highest BCUT2D eigenvalue weighted by molar-refractivity contribution is 7.30. The summed E-state index contributed by atoms with van der Waals surface area (Å²) in [5.41, 5.74) is 0. The molecule has 0 heterocycles. The summed E-state index contributed by atoms with van der Waals surface area (Å²) in [7, 11) is -3.04. The van der Waals surface area contributed by atoms with Gasteiger partial charge in [0.25, 0.3) is 0 Å². The van der Waals surface area contributed by atoms with Gasteiger partial charge in [-0.15, -0.1) is 0 Å². The van der Waals surface area contributed by atoms with Gasteiger partial charge in [0.1, 0.15) is 6.67 Å². The van der Waals surface area contributed by atoms with Crippen LogP contribution >= 0.6 is 0 Å². The molecule has 0 amide bonds. The first-order valence-corrected chi connectivity index (χ1v) is 9.56. The fraction of sp³-hybridized carbons (Fsp3) is 0.0500. The van der Waals surface area contributed by atoms with Gasteiger partial charge >= 0.3 is 0 Å². The molecule has 0 aliphatic carbocycles. The van der Waals surface area contributed by atoms with Gasteiger partial charge < -0.3 is 4.79 Å². The molecule has 0 fully saturated rings. The highest BCUT2D eigenvalue weighted by atomic mass is 28.3. The summed E-state index contributed by atoms with van der Waals surface area (Å²) in [6.07, 6.45) is 0. The Morgan fingerprint density at radius 1 is 0.652 bits per heavy atom. The predicted molar refractivity (Wildman–Crippen MR) is 95.0 cm³/mol. The highest BCUT2D eigenvalue weighted by Crippen LogP contribution is 2.09. The van der Waals surface area contributed by atoms with Crippen molar-refractivity contribution in [3.63, 3.8) is 0 Å². The molecular formula is C20H17FOSi. The maximum absolute atomic E-state index is 13.6. The maximum Gasteiger partial charge on any atom is 0.227 e. The normalized spacial score (nSPS) is 11.2. The fourth-order valence-corrected chi connectivity index (χ4v) is 7.39. The summed E-state index contributed by atoms with van der Waals surface area (Å²) in [5.74, 6) is 0. The molecule has 0 atom stereocenters. The highest BCUT2D eigenvalue weighted by Gasteiger charge is 2.46. The summed E-state index contributed by atoms with van der Waals surface area (Å²) < 4.78 is 13.6. The number of hydrogen-bond donors (Lipinski definition) is 0. The van der Waals surface area contributed by atoms with Crippen molar-refractivity contribution in [2.24, 2.45) is 0 Å². The molecule has 3 rings (SSSR count). The topological polar surface area (TPSA) is 17.1 Å². The number of benzene rings is 3. The van der Waals surface area contributed by atoms with Crippen LogP contribution in [0.4, 0.5) is 4.39 Å². The zero-order chi connectivity index (χ0) is 16.1. The average Bonchev–Trinajstić information content (AvgIpc) is 2.65. The summed E-state index contributed by atoms with van der Waals surface area (Å²) in [4.78, 5) is 12.9. The third-order valence-corrected chi connectivity index (χ3v) is 8.73. The Labute approximate surface area is 136 Å². The second kappa shape index (κ2) is 6.71. The van der Waals surface area contributed by atoms with E-state index in [4.69, 9.17) is 0 Å². The van der Waals surface area contributed by atoms with Crippen molar-refractivity contribution in [1.82, 2.24) is 0 Å². The van der Waals surface area contributed by atoms with Crippen LogP contribution in [0.5, 0.6) is 0 Å². The lowest BCUT2D eigenvalue weighted by Crippen LogP contribution is -2.73. The molecule has 114 valence electrons. The molecule has 0 aliphatic rings. The van der Waals surface area contributed by atoms with Crippen LogP contribution in [0.2, 0.25) is 0 Å². The van der Waals surface area contributed by atoms with E-state index >= 15 is 0 Å². The van der Waals surface area contributed by atoms with E-state index in [1.54, 1.807) is 0 Å². The minimum absolute atomic E-state index is 0.318. The minimum Gasteiger partial charge on any atom is -0.301 e. The van der Waals surface area contributed by atoms with Gasteiger partial charge in [-0.25, -0.2) is 4.39 Å². The summed E-state index contributed by atoms with van der Waals surface area (Å²) in [6, 6.07) is 28.9. The molecule has 0 N–H and O–H groups in total. The Kier molecular flexibility index (Phi) is 4.49. The third-order valence-electron chi connectivity index (χ3n) is 4.16. The lowest BCUT2D eigenvalue weighted by Gasteiger charge is -2.31. The number of halogens is 1. The van der Waals surface area contributed by atoms with E-state index in [1.165, 1.54) is 0 Å². The average molecular weight is 320 g/mol. The quantitative estimate of drug-likeness (QED) is 0.520. The number of carbonyl (C=O) groups excluding carboxylic acids is 1. The van der Waals surface area contributed by atoms with Gasteiger partial charge in [-0.05, 0) is 15.6 Å². The Hall–Kier alpha value is -2.52. The van der Waals surface area contributed by atoms with Crippen molar-refractivity contribution in [2.75, 3.05) is 6.67 Å². The minimum atomic E-state index is -3.04. The molecule has 0 aliphatic heterocycles. The Morgan fingerprint density at radius 2 is 0.957 bits per heavy atom. The molecule has 0 aromatic heterocycles. The first-order chi connectivity index (χ1) is 11.3. The number of carbonyl (C=O) groups is 1. The second-order valence-corrected chi connectivity index (χ2v) is 9.19. The third kappa shape index (κ3) is 2.64. The van der Waals surface area contributed by atoms with Gasteiger partial charge in [0.15, 0.2) is 5.41 Å². The van der Waals surface area contributed by atoms with Crippen LogP contribution in [0, 0.1) is 0 Å². The fourth-order valence-electron chi connectivity index (χ4n) is 3.15. The van der Waals surface area contributed by atoms with E-state index in [9.17, 15) is 9.18 Å². The van der Waals surface area contributed by atoms with Gasteiger partial charge in [-0.3, -0.25) is 0 Å². The first kappa shape index (κ1) is 15.4. The lowest BCUT2D eigenvalue weighted by molar-refractivity contribution is -0.113. The number of alkyl halides is 1. The smallest absolute Gasteiger partial charge is 0.227 e. The SMILES string of the molecule is O=C(CF)[Si](c1ccccc1)(c1ccccc1)c1ccccc1.